The molecule has 0 saturated carbocycles. The Morgan fingerprint density at radius 1 is 1.04 bits per heavy atom. The Morgan fingerprint density at radius 3 is 2.31 bits per heavy atom. The predicted molar refractivity (Wildman–Crippen MR) is 88.7 cm³/mol. The number of halogens is 3. The number of aromatic nitrogens is 2. The van der Waals surface area contributed by atoms with Crippen molar-refractivity contribution in [1.82, 2.24) is 9.13 Å². The number of hydrogen-bond donors (Lipinski definition) is 0. The van der Waals surface area contributed by atoms with Gasteiger partial charge in [0.1, 0.15) is 23.1 Å². The zero-order valence-electron chi connectivity index (χ0n) is 13.8. The van der Waals surface area contributed by atoms with Gasteiger partial charge in [-0.15, -0.1) is 0 Å². The minimum Gasteiger partial charge on any atom is -0.362 e. The van der Waals surface area contributed by atoms with E-state index in [1.807, 2.05) is 0 Å². The molecule has 2 aromatic carbocycles. The summed E-state index contributed by atoms with van der Waals surface area (Å²) in [6, 6.07) is 8.32. The summed E-state index contributed by atoms with van der Waals surface area (Å²) in [4.78, 5) is 12.8. The summed E-state index contributed by atoms with van der Waals surface area (Å²) in [5.41, 5.74) is -0.647. The van der Waals surface area contributed by atoms with Crippen LogP contribution in [0.3, 0.4) is 0 Å². The topological polar surface area (TPSA) is 39.5 Å². The monoisotopic (exact) mass is 360 g/mol. The largest absolute Gasteiger partial charge is 0.362 e. The highest BCUT2D eigenvalue weighted by Gasteiger charge is 2.54. The second-order valence-corrected chi connectivity index (χ2v) is 6.31. The molecule has 2 atom stereocenters. The van der Waals surface area contributed by atoms with Crippen LogP contribution in [0, 0.1) is 17.5 Å². The fourth-order valence-electron chi connectivity index (χ4n) is 3.24. The first-order valence-corrected chi connectivity index (χ1v) is 8.07. The normalized spacial score (nSPS) is 20.2. The van der Waals surface area contributed by atoms with Gasteiger partial charge in [-0.2, -0.15) is 0 Å². The summed E-state index contributed by atoms with van der Waals surface area (Å²) in [5.74, 6) is -1.78. The molecule has 1 saturated heterocycles. The van der Waals surface area contributed by atoms with Crippen molar-refractivity contribution in [3.63, 3.8) is 0 Å². The SMILES string of the molecule is C[C@@H](n1ccn(-c2ccc(F)cc2)c1=O)[C@@]1(c2ccc(F)cc2F)CO1. The third kappa shape index (κ3) is 2.55. The standard InChI is InChI=1S/C19H15F3N2O2/c1-12(19(11-26-19)16-7-4-14(21)10-17(16)22)23-8-9-24(18(23)25)15-5-2-13(20)3-6-15/h2-10,12H,11H2,1H3/t12-,19-/m1/s1. The summed E-state index contributed by atoms with van der Waals surface area (Å²) >= 11 is 0. The van der Waals surface area contributed by atoms with Gasteiger partial charge in [0.05, 0.1) is 18.3 Å². The van der Waals surface area contributed by atoms with Crippen LogP contribution in [0.15, 0.2) is 59.7 Å². The van der Waals surface area contributed by atoms with Crippen LogP contribution in [0.2, 0.25) is 0 Å². The van der Waals surface area contributed by atoms with Crippen LogP contribution in [-0.2, 0) is 10.3 Å². The quantitative estimate of drug-likeness (QED) is 0.668. The Morgan fingerprint density at radius 2 is 1.69 bits per heavy atom. The van der Waals surface area contributed by atoms with Crippen molar-refractivity contribution in [3.8, 4) is 5.69 Å². The number of nitrogens with zero attached hydrogens (tertiary/aromatic N) is 2. The number of benzene rings is 2. The average molecular weight is 360 g/mol. The Hall–Kier alpha value is -2.80. The molecule has 1 fully saturated rings. The van der Waals surface area contributed by atoms with Crippen LogP contribution in [-0.4, -0.2) is 15.7 Å². The van der Waals surface area contributed by atoms with Gasteiger partial charge in [-0.05, 0) is 37.3 Å². The Balaban J connectivity index is 1.72. The molecule has 0 spiro atoms. The molecule has 3 aromatic rings. The fourth-order valence-corrected chi connectivity index (χ4v) is 3.24. The van der Waals surface area contributed by atoms with E-state index in [0.29, 0.717) is 5.69 Å². The zero-order chi connectivity index (χ0) is 18.5. The smallest absolute Gasteiger partial charge is 0.333 e. The molecule has 1 aliphatic rings. The fraction of sp³-hybridized carbons (Fsp3) is 0.211. The van der Waals surface area contributed by atoms with Gasteiger partial charge in [0.25, 0.3) is 0 Å². The average Bonchev–Trinajstić information content (AvgIpc) is 3.32. The minimum atomic E-state index is -1.02. The highest BCUT2D eigenvalue weighted by atomic mass is 19.1. The minimum absolute atomic E-state index is 0.216. The molecule has 4 rings (SSSR count). The Kier molecular flexibility index (Phi) is 3.77. The number of hydrogen-bond acceptors (Lipinski definition) is 2. The van der Waals surface area contributed by atoms with Crippen LogP contribution < -0.4 is 5.69 Å². The highest BCUT2D eigenvalue weighted by Crippen LogP contribution is 2.48. The lowest BCUT2D eigenvalue weighted by Gasteiger charge is -2.22. The van der Waals surface area contributed by atoms with Crippen molar-refractivity contribution in [2.24, 2.45) is 0 Å². The number of rotatable bonds is 4. The molecule has 0 bridgehead atoms. The van der Waals surface area contributed by atoms with E-state index >= 15 is 0 Å². The lowest BCUT2D eigenvalue weighted by Crippen LogP contribution is -2.32. The summed E-state index contributed by atoms with van der Waals surface area (Å²) in [7, 11) is 0. The molecular formula is C19H15F3N2O2. The molecule has 0 N–H and O–H groups in total. The van der Waals surface area contributed by atoms with Gasteiger partial charge in [0, 0.05) is 24.0 Å². The summed E-state index contributed by atoms with van der Waals surface area (Å²) in [6.45, 7) is 1.97. The molecule has 7 heteroatoms. The molecule has 0 aliphatic carbocycles. The number of ether oxygens (including phenoxy) is 1. The van der Waals surface area contributed by atoms with E-state index in [0.717, 1.165) is 6.07 Å². The van der Waals surface area contributed by atoms with Gasteiger partial charge in [0.2, 0.25) is 0 Å². The van der Waals surface area contributed by atoms with Crippen molar-refractivity contribution >= 4 is 0 Å². The third-order valence-corrected chi connectivity index (χ3v) is 4.84. The first-order valence-electron chi connectivity index (χ1n) is 8.07. The molecule has 0 radical (unpaired) electrons. The van der Waals surface area contributed by atoms with Crippen LogP contribution in [0.4, 0.5) is 13.2 Å². The molecule has 2 heterocycles. The lowest BCUT2D eigenvalue weighted by molar-refractivity contribution is 0.222. The number of imidazole rings is 1. The molecule has 1 aromatic heterocycles. The zero-order valence-corrected chi connectivity index (χ0v) is 13.8. The second-order valence-electron chi connectivity index (χ2n) is 6.31. The van der Waals surface area contributed by atoms with Gasteiger partial charge in [-0.25, -0.2) is 18.0 Å². The van der Waals surface area contributed by atoms with E-state index in [4.69, 9.17) is 4.74 Å². The number of epoxide rings is 1. The summed E-state index contributed by atoms with van der Waals surface area (Å²) < 4.78 is 48.8. The lowest BCUT2D eigenvalue weighted by atomic mass is 9.92. The molecule has 134 valence electrons. The molecular weight excluding hydrogens is 345 g/mol. The molecule has 0 unspecified atom stereocenters. The maximum Gasteiger partial charge on any atom is 0.333 e. The van der Waals surface area contributed by atoms with E-state index < -0.39 is 29.1 Å². The molecule has 4 nitrogen and oxygen atoms in total. The van der Waals surface area contributed by atoms with Gasteiger partial charge in [-0.1, -0.05) is 6.07 Å². The molecule has 26 heavy (non-hydrogen) atoms. The van der Waals surface area contributed by atoms with E-state index in [1.165, 1.54) is 45.5 Å². The van der Waals surface area contributed by atoms with Crippen molar-refractivity contribution in [2.45, 2.75) is 18.6 Å². The Labute approximate surface area is 147 Å². The summed E-state index contributed by atoms with van der Waals surface area (Å²) in [6.07, 6.45) is 3.13. The molecule has 1 aliphatic heterocycles. The first-order chi connectivity index (χ1) is 12.4. The van der Waals surface area contributed by atoms with Gasteiger partial charge in [0.15, 0.2) is 0 Å². The van der Waals surface area contributed by atoms with Crippen LogP contribution in [0.25, 0.3) is 5.69 Å². The maximum atomic E-state index is 14.2. The van der Waals surface area contributed by atoms with E-state index in [2.05, 4.69) is 0 Å². The van der Waals surface area contributed by atoms with Gasteiger partial charge >= 0.3 is 5.69 Å². The van der Waals surface area contributed by atoms with Crippen molar-refractivity contribution in [2.75, 3.05) is 6.61 Å². The van der Waals surface area contributed by atoms with Crippen molar-refractivity contribution < 1.29 is 17.9 Å². The van der Waals surface area contributed by atoms with E-state index in [9.17, 15) is 18.0 Å². The highest BCUT2D eigenvalue weighted by molar-refractivity contribution is 5.33. The van der Waals surface area contributed by atoms with Crippen LogP contribution in [0.5, 0.6) is 0 Å². The van der Waals surface area contributed by atoms with Gasteiger partial charge < -0.3 is 4.74 Å². The van der Waals surface area contributed by atoms with E-state index in [-0.39, 0.29) is 17.9 Å². The summed E-state index contributed by atoms with van der Waals surface area (Å²) in [5, 5.41) is 0. The van der Waals surface area contributed by atoms with Crippen LogP contribution in [0.1, 0.15) is 18.5 Å². The molecule has 0 amide bonds. The van der Waals surface area contributed by atoms with Crippen molar-refractivity contribution in [1.29, 1.82) is 0 Å². The maximum absolute atomic E-state index is 14.2. The first kappa shape index (κ1) is 16.7. The predicted octanol–water partition coefficient (Wildman–Crippen LogP) is 3.54. The third-order valence-electron chi connectivity index (χ3n) is 4.84. The van der Waals surface area contributed by atoms with E-state index in [1.54, 1.807) is 19.3 Å². The van der Waals surface area contributed by atoms with Crippen LogP contribution >= 0.6 is 0 Å². The van der Waals surface area contributed by atoms with Gasteiger partial charge in [-0.3, -0.25) is 9.13 Å². The van der Waals surface area contributed by atoms with Crippen molar-refractivity contribution in [3.05, 3.63) is 88.4 Å². The Bertz CT molecular complexity index is 1020. The second kappa shape index (κ2) is 5.88.